The Morgan fingerprint density at radius 1 is 1.19 bits per heavy atom. The van der Waals surface area contributed by atoms with Gasteiger partial charge in [0.1, 0.15) is 11.4 Å². The van der Waals surface area contributed by atoms with Crippen LogP contribution in [0, 0.1) is 0 Å². The van der Waals surface area contributed by atoms with Gasteiger partial charge in [-0.2, -0.15) is 11.3 Å². The predicted molar refractivity (Wildman–Crippen MR) is 107 cm³/mol. The zero-order chi connectivity index (χ0) is 18.8. The summed E-state index contributed by atoms with van der Waals surface area (Å²) < 4.78 is 10.1. The lowest BCUT2D eigenvalue weighted by Crippen LogP contribution is -2.06. The summed E-state index contributed by atoms with van der Waals surface area (Å²) in [6.45, 7) is 0. The number of carbonyl (C=O) groups excluding carboxylic acids is 1. The molecule has 0 radical (unpaired) electrons. The Kier molecular flexibility index (Phi) is 4.64. The second-order valence-electron chi connectivity index (χ2n) is 6.08. The number of aromatic amines is 1. The van der Waals surface area contributed by atoms with Crippen molar-refractivity contribution in [3.8, 4) is 17.0 Å². The number of esters is 1. The molecular formula is C21H18N2O3S. The van der Waals surface area contributed by atoms with Gasteiger partial charge in [0.2, 0.25) is 0 Å². The number of hydrogen-bond donors (Lipinski definition) is 1. The number of pyridine rings is 1. The van der Waals surface area contributed by atoms with Crippen LogP contribution in [0.1, 0.15) is 21.7 Å². The van der Waals surface area contributed by atoms with E-state index < -0.39 is 5.97 Å². The molecule has 1 aromatic carbocycles. The van der Waals surface area contributed by atoms with Crippen molar-refractivity contribution in [3.63, 3.8) is 0 Å². The number of nitrogens with zero attached hydrogens (tertiary/aromatic N) is 1. The van der Waals surface area contributed by atoms with Crippen molar-refractivity contribution in [2.24, 2.45) is 0 Å². The van der Waals surface area contributed by atoms with Crippen molar-refractivity contribution in [3.05, 3.63) is 70.2 Å². The fraction of sp³-hybridized carbons (Fsp3) is 0.143. The zero-order valence-corrected chi connectivity index (χ0v) is 15.8. The minimum absolute atomic E-state index is 0.314. The number of methoxy groups -OCH3 is 2. The van der Waals surface area contributed by atoms with Crippen LogP contribution in [-0.4, -0.2) is 30.2 Å². The molecule has 1 N–H and O–H groups in total. The van der Waals surface area contributed by atoms with Crippen LogP contribution in [0.3, 0.4) is 0 Å². The maximum Gasteiger partial charge on any atom is 0.356 e. The summed E-state index contributed by atoms with van der Waals surface area (Å²) in [6.07, 6.45) is 0.600. The summed E-state index contributed by atoms with van der Waals surface area (Å²) in [5.74, 6) is 0.372. The number of hydrogen-bond acceptors (Lipinski definition) is 5. The Balaban J connectivity index is 1.82. The molecule has 0 saturated carbocycles. The lowest BCUT2D eigenvalue weighted by atomic mass is 10.0. The minimum Gasteiger partial charge on any atom is -0.497 e. The van der Waals surface area contributed by atoms with Gasteiger partial charge in [0.05, 0.1) is 19.9 Å². The first kappa shape index (κ1) is 17.3. The van der Waals surface area contributed by atoms with Gasteiger partial charge in [0.25, 0.3) is 0 Å². The third-order valence-corrected chi connectivity index (χ3v) is 5.17. The van der Waals surface area contributed by atoms with Crippen LogP contribution in [0.2, 0.25) is 0 Å². The molecule has 4 rings (SSSR count). The fourth-order valence-electron chi connectivity index (χ4n) is 3.18. The Bertz CT molecular complexity index is 1100. The highest BCUT2D eigenvalue weighted by atomic mass is 32.1. The lowest BCUT2D eigenvalue weighted by molar-refractivity contribution is 0.0593. The van der Waals surface area contributed by atoms with E-state index in [-0.39, 0.29) is 0 Å². The van der Waals surface area contributed by atoms with Crippen molar-refractivity contribution >= 4 is 28.2 Å². The van der Waals surface area contributed by atoms with E-state index in [2.05, 4.69) is 32.9 Å². The average Bonchev–Trinajstić information content (AvgIpc) is 3.35. The van der Waals surface area contributed by atoms with Crippen molar-refractivity contribution in [2.75, 3.05) is 14.2 Å². The lowest BCUT2D eigenvalue weighted by Gasteiger charge is -2.06. The minimum atomic E-state index is -0.432. The third-order valence-electron chi connectivity index (χ3n) is 4.48. The largest absolute Gasteiger partial charge is 0.497 e. The molecule has 5 nitrogen and oxygen atoms in total. The summed E-state index contributed by atoms with van der Waals surface area (Å²) in [5.41, 5.74) is 5.47. The van der Waals surface area contributed by atoms with Crippen molar-refractivity contribution in [1.82, 2.24) is 9.97 Å². The first-order chi connectivity index (χ1) is 13.2. The van der Waals surface area contributed by atoms with E-state index >= 15 is 0 Å². The van der Waals surface area contributed by atoms with E-state index in [0.717, 1.165) is 39.2 Å². The highest BCUT2D eigenvalue weighted by molar-refractivity contribution is 7.08. The van der Waals surface area contributed by atoms with Crippen molar-refractivity contribution in [2.45, 2.75) is 6.42 Å². The molecule has 3 heterocycles. The molecule has 0 atom stereocenters. The van der Waals surface area contributed by atoms with Gasteiger partial charge in [-0.25, -0.2) is 9.78 Å². The predicted octanol–water partition coefficient (Wildman–Crippen LogP) is 4.68. The number of H-pyrrole nitrogens is 1. The number of aromatic nitrogens is 2. The maximum absolute atomic E-state index is 11.8. The quantitative estimate of drug-likeness (QED) is 0.512. The van der Waals surface area contributed by atoms with Crippen LogP contribution in [-0.2, 0) is 11.2 Å². The van der Waals surface area contributed by atoms with E-state index in [0.29, 0.717) is 12.1 Å². The van der Waals surface area contributed by atoms with Gasteiger partial charge in [0.15, 0.2) is 0 Å². The fourth-order valence-corrected chi connectivity index (χ4v) is 3.82. The Hall–Kier alpha value is -3.12. The van der Waals surface area contributed by atoms with Gasteiger partial charge in [-0.05, 0) is 41.3 Å². The smallest absolute Gasteiger partial charge is 0.356 e. The maximum atomic E-state index is 11.8. The number of rotatable bonds is 5. The number of fused-ring (bicyclic) bond motifs is 1. The van der Waals surface area contributed by atoms with Crippen molar-refractivity contribution in [1.29, 1.82) is 0 Å². The first-order valence-electron chi connectivity index (χ1n) is 8.45. The molecule has 0 amide bonds. The van der Waals surface area contributed by atoms with Crippen LogP contribution in [0.5, 0.6) is 5.75 Å². The molecule has 0 aliphatic carbocycles. The summed E-state index contributed by atoms with van der Waals surface area (Å²) in [6, 6.07) is 13.5. The van der Waals surface area contributed by atoms with E-state index in [1.807, 2.05) is 24.3 Å². The monoisotopic (exact) mass is 378 g/mol. The second-order valence-corrected chi connectivity index (χ2v) is 6.86. The van der Waals surface area contributed by atoms with Gasteiger partial charge in [0, 0.05) is 40.0 Å². The molecular weight excluding hydrogens is 360 g/mol. The van der Waals surface area contributed by atoms with Crippen LogP contribution in [0.4, 0.5) is 0 Å². The second kappa shape index (κ2) is 7.25. The summed E-state index contributed by atoms with van der Waals surface area (Å²) in [5, 5.41) is 5.28. The molecule has 0 spiro atoms. The highest BCUT2D eigenvalue weighted by Crippen LogP contribution is 2.34. The number of benzene rings is 1. The van der Waals surface area contributed by atoms with E-state index in [1.165, 1.54) is 7.11 Å². The van der Waals surface area contributed by atoms with Gasteiger partial charge in [-0.15, -0.1) is 0 Å². The Morgan fingerprint density at radius 2 is 2.07 bits per heavy atom. The van der Waals surface area contributed by atoms with Gasteiger partial charge in [-0.3, -0.25) is 0 Å². The molecule has 6 heteroatoms. The van der Waals surface area contributed by atoms with Crippen molar-refractivity contribution < 1.29 is 14.3 Å². The standard InChI is InChI=1S/C21H18N2O3S/c1-25-15-6-7-16-17(10-14-4-3-5-18(22-14)21(24)26-2)20(23-19(16)11-15)13-8-9-27-12-13/h3-9,11-12,23H,10H2,1-2H3. The number of nitrogens with one attached hydrogen (secondary N) is 1. The molecule has 0 fully saturated rings. The van der Waals surface area contributed by atoms with Crippen LogP contribution < -0.4 is 4.74 Å². The molecule has 3 aromatic heterocycles. The Morgan fingerprint density at radius 3 is 2.81 bits per heavy atom. The van der Waals surface area contributed by atoms with Crippen LogP contribution in [0.25, 0.3) is 22.2 Å². The molecule has 0 saturated heterocycles. The Labute approximate surface area is 160 Å². The van der Waals surface area contributed by atoms with Gasteiger partial charge < -0.3 is 14.5 Å². The van der Waals surface area contributed by atoms with E-state index in [4.69, 9.17) is 9.47 Å². The number of ether oxygens (including phenoxy) is 2. The highest BCUT2D eigenvalue weighted by Gasteiger charge is 2.16. The van der Waals surface area contributed by atoms with E-state index in [1.54, 1.807) is 24.5 Å². The van der Waals surface area contributed by atoms with E-state index in [9.17, 15) is 4.79 Å². The zero-order valence-electron chi connectivity index (χ0n) is 15.0. The average molecular weight is 378 g/mol. The molecule has 27 heavy (non-hydrogen) atoms. The topological polar surface area (TPSA) is 64.2 Å². The van der Waals surface area contributed by atoms with Crippen LogP contribution in [0.15, 0.2) is 53.2 Å². The number of carbonyl (C=O) groups is 1. The molecule has 4 aromatic rings. The normalized spacial score (nSPS) is 10.9. The van der Waals surface area contributed by atoms with Gasteiger partial charge in [-0.1, -0.05) is 6.07 Å². The molecule has 0 aliphatic heterocycles. The molecule has 0 unspecified atom stereocenters. The summed E-state index contributed by atoms with van der Waals surface area (Å²) >= 11 is 1.65. The molecule has 0 bridgehead atoms. The summed E-state index contributed by atoms with van der Waals surface area (Å²) in [7, 11) is 3.02. The SMILES string of the molecule is COC(=O)c1cccc(Cc2c(-c3ccsc3)[nH]c3cc(OC)ccc23)n1. The van der Waals surface area contributed by atoms with Crippen LogP contribution >= 0.6 is 11.3 Å². The summed E-state index contributed by atoms with van der Waals surface area (Å²) in [4.78, 5) is 19.8. The third kappa shape index (κ3) is 3.31. The number of thiophene rings is 1. The molecule has 136 valence electrons. The first-order valence-corrected chi connectivity index (χ1v) is 9.39. The van der Waals surface area contributed by atoms with Gasteiger partial charge >= 0.3 is 5.97 Å². The molecule has 0 aliphatic rings.